The van der Waals surface area contributed by atoms with Crippen molar-refractivity contribution in [1.82, 2.24) is 10.2 Å². The van der Waals surface area contributed by atoms with E-state index in [2.05, 4.69) is 10.2 Å². The number of hydrogen-bond acceptors (Lipinski definition) is 6. The largest absolute Gasteiger partial charge is 0.497 e. The van der Waals surface area contributed by atoms with Gasteiger partial charge in [0.15, 0.2) is 0 Å². The van der Waals surface area contributed by atoms with E-state index in [9.17, 15) is 14.3 Å². The second-order valence-electron chi connectivity index (χ2n) is 5.07. The lowest BCUT2D eigenvalue weighted by atomic mass is 10.2. The Morgan fingerprint density at radius 1 is 1.15 bits per heavy atom. The lowest BCUT2D eigenvalue weighted by Gasteiger charge is -2.00. The van der Waals surface area contributed by atoms with Crippen molar-refractivity contribution in [2.45, 2.75) is 5.22 Å². The van der Waals surface area contributed by atoms with Gasteiger partial charge in [-0.3, -0.25) is 0 Å². The highest BCUT2D eigenvalue weighted by Crippen LogP contribution is 2.30. The molecule has 26 heavy (non-hydrogen) atoms. The highest BCUT2D eigenvalue weighted by Gasteiger charge is 2.16. The predicted molar refractivity (Wildman–Crippen MR) is 94.2 cm³/mol. The Bertz CT molecular complexity index is 937. The molecule has 0 atom stereocenters. The molecular formula is C18H13FN2O4S. The van der Waals surface area contributed by atoms with E-state index >= 15 is 0 Å². The molecule has 1 N–H and O–H groups in total. The fraction of sp³-hybridized carbons (Fsp3) is 0.0556. The van der Waals surface area contributed by atoms with Crippen molar-refractivity contribution in [3.05, 3.63) is 64.8 Å². The monoisotopic (exact) mass is 372 g/mol. The molecule has 0 saturated heterocycles. The number of benzene rings is 2. The first-order valence-electron chi connectivity index (χ1n) is 7.41. The summed E-state index contributed by atoms with van der Waals surface area (Å²) in [5, 5.41) is 17.2. The van der Waals surface area contributed by atoms with Gasteiger partial charge in [-0.25, -0.2) is 9.18 Å². The van der Waals surface area contributed by atoms with E-state index < -0.39 is 11.8 Å². The second-order valence-corrected chi connectivity index (χ2v) is 6.06. The van der Waals surface area contributed by atoms with Crippen LogP contribution < -0.4 is 4.74 Å². The molecule has 0 radical (unpaired) electrons. The van der Waals surface area contributed by atoms with Crippen LogP contribution >= 0.6 is 11.8 Å². The fourth-order valence-corrected chi connectivity index (χ4v) is 2.71. The number of rotatable bonds is 6. The summed E-state index contributed by atoms with van der Waals surface area (Å²) in [6.45, 7) is 0. The molecule has 132 valence electrons. The summed E-state index contributed by atoms with van der Waals surface area (Å²) in [5.74, 6) is -0.587. The van der Waals surface area contributed by atoms with Crippen LogP contribution in [-0.4, -0.2) is 28.4 Å². The van der Waals surface area contributed by atoms with Gasteiger partial charge in [0, 0.05) is 5.56 Å². The minimum absolute atomic E-state index is 0.0264. The minimum Gasteiger partial charge on any atom is -0.497 e. The van der Waals surface area contributed by atoms with Gasteiger partial charge in [0.25, 0.3) is 5.22 Å². The van der Waals surface area contributed by atoms with Crippen LogP contribution in [0.25, 0.3) is 17.5 Å². The Labute approximate surface area is 152 Å². The zero-order chi connectivity index (χ0) is 18.5. The van der Waals surface area contributed by atoms with Crippen LogP contribution in [0.1, 0.15) is 5.56 Å². The molecule has 1 heterocycles. The van der Waals surface area contributed by atoms with Crippen LogP contribution in [0.3, 0.4) is 0 Å². The molecule has 0 aliphatic carbocycles. The molecule has 0 aliphatic heterocycles. The zero-order valence-electron chi connectivity index (χ0n) is 13.5. The van der Waals surface area contributed by atoms with E-state index in [0.717, 1.165) is 11.8 Å². The Morgan fingerprint density at radius 2 is 1.85 bits per heavy atom. The maximum Gasteiger partial charge on any atom is 0.342 e. The van der Waals surface area contributed by atoms with Gasteiger partial charge in [-0.05, 0) is 59.8 Å². The smallest absolute Gasteiger partial charge is 0.342 e. The van der Waals surface area contributed by atoms with E-state index in [0.29, 0.717) is 16.9 Å². The van der Waals surface area contributed by atoms with Gasteiger partial charge in [-0.2, -0.15) is 0 Å². The van der Waals surface area contributed by atoms with Crippen molar-refractivity contribution in [2.24, 2.45) is 0 Å². The van der Waals surface area contributed by atoms with Gasteiger partial charge >= 0.3 is 5.97 Å². The van der Waals surface area contributed by atoms with Crippen molar-refractivity contribution in [3.63, 3.8) is 0 Å². The maximum absolute atomic E-state index is 13.0. The van der Waals surface area contributed by atoms with Crippen molar-refractivity contribution in [2.75, 3.05) is 7.11 Å². The van der Waals surface area contributed by atoms with E-state index in [1.807, 2.05) is 0 Å². The van der Waals surface area contributed by atoms with E-state index in [-0.39, 0.29) is 16.0 Å². The summed E-state index contributed by atoms with van der Waals surface area (Å²) < 4.78 is 23.6. The summed E-state index contributed by atoms with van der Waals surface area (Å²) in [6, 6.07) is 12.5. The zero-order valence-corrected chi connectivity index (χ0v) is 14.4. The molecule has 0 bridgehead atoms. The summed E-state index contributed by atoms with van der Waals surface area (Å²) in [6.07, 6.45) is 1.41. The molecule has 8 heteroatoms. The van der Waals surface area contributed by atoms with Crippen molar-refractivity contribution in [3.8, 4) is 17.2 Å². The third-order valence-electron chi connectivity index (χ3n) is 3.32. The number of hydrogen-bond donors (Lipinski definition) is 1. The topological polar surface area (TPSA) is 85.5 Å². The van der Waals surface area contributed by atoms with E-state index in [1.165, 1.54) is 30.3 Å². The lowest BCUT2D eigenvalue weighted by molar-refractivity contribution is -0.131. The summed E-state index contributed by atoms with van der Waals surface area (Å²) >= 11 is 0.822. The number of carbonyl (C=O) groups is 1. The molecule has 0 amide bonds. The van der Waals surface area contributed by atoms with Gasteiger partial charge in [0.05, 0.1) is 7.11 Å². The van der Waals surface area contributed by atoms with Crippen molar-refractivity contribution < 1.29 is 23.4 Å². The first kappa shape index (κ1) is 17.7. The standard InChI is InChI=1S/C18H13FN2O4S/c1-24-14-8-4-12(5-9-14)16-20-21-18(25-16)26-15(17(22)23)10-11-2-6-13(19)7-3-11/h2-10H,1H3,(H,22,23). The molecule has 0 aliphatic rings. The number of halogens is 1. The molecule has 3 rings (SSSR count). The number of thioether (sulfide) groups is 1. The molecule has 0 unspecified atom stereocenters. The Kier molecular flexibility index (Phi) is 5.33. The number of carboxylic acid groups (broad SMARTS) is 1. The third-order valence-corrected chi connectivity index (χ3v) is 4.17. The number of ether oxygens (including phenoxy) is 1. The molecule has 0 fully saturated rings. The van der Waals surface area contributed by atoms with Gasteiger partial charge < -0.3 is 14.3 Å². The Morgan fingerprint density at radius 3 is 2.46 bits per heavy atom. The number of aromatic nitrogens is 2. The van der Waals surface area contributed by atoms with Crippen LogP contribution in [0.2, 0.25) is 0 Å². The van der Waals surface area contributed by atoms with Gasteiger partial charge in [0.2, 0.25) is 5.89 Å². The number of methoxy groups -OCH3 is 1. The van der Waals surface area contributed by atoms with E-state index in [1.54, 1.807) is 31.4 Å². The first-order chi connectivity index (χ1) is 12.5. The van der Waals surface area contributed by atoms with Gasteiger partial charge in [-0.15, -0.1) is 10.2 Å². The second kappa shape index (κ2) is 7.83. The van der Waals surface area contributed by atoms with Crippen LogP contribution in [0, 0.1) is 5.82 Å². The van der Waals surface area contributed by atoms with Crippen LogP contribution in [0.15, 0.2) is 63.1 Å². The number of carboxylic acids is 1. The summed E-state index contributed by atoms with van der Waals surface area (Å²) in [4.78, 5) is 11.4. The summed E-state index contributed by atoms with van der Waals surface area (Å²) in [5.41, 5.74) is 1.23. The van der Waals surface area contributed by atoms with E-state index in [4.69, 9.17) is 9.15 Å². The maximum atomic E-state index is 13.0. The SMILES string of the molecule is COc1ccc(-c2nnc(SC(=Cc3ccc(F)cc3)C(=O)O)o2)cc1. The Balaban J connectivity index is 1.80. The number of aliphatic carboxylic acids is 1. The van der Waals surface area contributed by atoms with Crippen molar-refractivity contribution in [1.29, 1.82) is 0 Å². The highest BCUT2D eigenvalue weighted by molar-refractivity contribution is 8.03. The third kappa shape index (κ3) is 4.28. The number of nitrogens with zero attached hydrogens (tertiary/aromatic N) is 2. The lowest BCUT2D eigenvalue weighted by Crippen LogP contribution is -1.96. The normalized spacial score (nSPS) is 11.4. The van der Waals surface area contributed by atoms with Crippen LogP contribution in [-0.2, 0) is 4.79 Å². The van der Waals surface area contributed by atoms with Gasteiger partial charge in [-0.1, -0.05) is 12.1 Å². The quantitative estimate of drug-likeness (QED) is 0.515. The average Bonchev–Trinajstić information content (AvgIpc) is 3.11. The van der Waals surface area contributed by atoms with Crippen molar-refractivity contribution >= 4 is 23.8 Å². The fourth-order valence-electron chi connectivity index (χ4n) is 2.04. The summed E-state index contributed by atoms with van der Waals surface area (Å²) in [7, 11) is 1.57. The van der Waals surface area contributed by atoms with Gasteiger partial charge in [0.1, 0.15) is 16.5 Å². The molecule has 6 nitrogen and oxygen atoms in total. The first-order valence-corrected chi connectivity index (χ1v) is 8.23. The molecule has 2 aromatic carbocycles. The molecule has 0 spiro atoms. The predicted octanol–water partition coefficient (Wildman–Crippen LogP) is 4.10. The van der Waals surface area contributed by atoms with Crippen LogP contribution in [0.5, 0.6) is 5.75 Å². The molecule has 3 aromatic rings. The molecular weight excluding hydrogens is 359 g/mol. The highest BCUT2D eigenvalue weighted by atomic mass is 32.2. The molecule has 0 saturated carbocycles. The average molecular weight is 372 g/mol. The molecule has 1 aromatic heterocycles. The van der Waals surface area contributed by atoms with Crippen LogP contribution in [0.4, 0.5) is 4.39 Å². The Hall–Kier alpha value is -3.13. The minimum atomic E-state index is -1.15.